The van der Waals surface area contributed by atoms with Gasteiger partial charge in [0.15, 0.2) is 0 Å². The molecule has 2 N–H and O–H groups in total. The first kappa shape index (κ1) is 14.5. The third-order valence-corrected chi connectivity index (χ3v) is 3.12. The number of amides is 2. The molecule has 2 rings (SSSR count). The molecular weight excluding hydrogens is 268 g/mol. The van der Waals surface area contributed by atoms with Gasteiger partial charge in [-0.25, -0.2) is 4.79 Å². The lowest BCUT2D eigenvalue weighted by molar-refractivity contribution is 0.262. The number of benzene rings is 2. The molecule has 0 fully saturated rings. The van der Waals surface area contributed by atoms with E-state index in [0.29, 0.717) is 0 Å². The third kappa shape index (κ3) is 4.03. The van der Waals surface area contributed by atoms with Crippen LogP contribution in [0.1, 0.15) is 19.4 Å². The summed E-state index contributed by atoms with van der Waals surface area (Å²) in [4.78, 5) is 11.9. The molecule has 2 aromatic rings. The summed E-state index contributed by atoms with van der Waals surface area (Å²) in [7, 11) is 0. The lowest BCUT2D eigenvalue weighted by Crippen LogP contribution is -2.19. The van der Waals surface area contributed by atoms with Gasteiger partial charge in [-0.15, -0.1) is 0 Å². The Labute approximate surface area is 124 Å². The average Bonchev–Trinajstić information content (AvgIpc) is 2.39. The smallest absolute Gasteiger partial charge is 0.308 e. The number of anilines is 2. The van der Waals surface area contributed by atoms with Gasteiger partial charge < -0.3 is 10.6 Å². The van der Waals surface area contributed by atoms with Crippen molar-refractivity contribution >= 4 is 30.0 Å². The molecule has 0 unspecified atom stereocenters. The van der Waals surface area contributed by atoms with E-state index in [2.05, 4.69) is 23.3 Å². The number of carbonyl (C=O) groups excluding carboxylic acids is 1. The number of urea groups is 1. The highest BCUT2D eigenvalue weighted by Gasteiger charge is 2.15. The molecule has 104 valence electrons. The number of nitrogens with one attached hydrogen (secondary N) is 2. The molecule has 0 atom stereocenters. The first-order chi connectivity index (χ1) is 9.45. The molecule has 2 amide bonds. The van der Waals surface area contributed by atoms with E-state index in [0.717, 1.165) is 16.9 Å². The number of hydrogen-bond donors (Lipinski definition) is 3. The van der Waals surface area contributed by atoms with E-state index >= 15 is 0 Å². The molecule has 3 nitrogen and oxygen atoms in total. The molecule has 0 aromatic heterocycles. The van der Waals surface area contributed by atoms with Gasteiger partial charge in [0.1, 0.15) is 0 Å². The lowest BCUT2D eigenvalue weighted by Gasteiger charge is -2.19. The molecule has 0 bridgehead atoms. The summed E-state index contributed by atoms with van der Waals surface area (Å²) in [6, 6.07) is 16.8. The van der Waals surface area contributed by atoms with Crippen LogP contribution in [0.15, 0.2) is 54.6 Å². The number of rotatable bonds is 3. The fraction of sp³-hybridized carbons (Fsp3) is 0.188. The topological polar surface area (TPSA) is 41.1 Å². The van der Waals surface area contributed by atoms with Crippen molar-refractivity contribution in [2.75, 3.05) is 10.6 Å². The summed E-state index contributed by atoms with van der Waals surface area (Å²) in [6.45, 7) is 4.03. The monoisotopic (exact) mass is 286 g/mol. The molecule has 0 heterocycles. The van der Waals surface area contributed by atoms with Gasteiger partial charge in [-0.05, 0) is 43.7 Å². The van der Waals surface area contributed by atoms with E-state index in [-0.39, 0.29) is 10.8 Å². The van der Waals surface area contributed by atoms with Gasteiger partial charge in [-0.1, -0.05) is 30.3 Å². The van der Waals surface area contributed by atoms with Crippen molar-refractivity contribution in [1.82, 2.24) is 0 Å². The molecule has 0 spiro atoms. The van der Waals surface area contributed by atoms with Gasteiger partial charge in [-0.2, -0.15) is 12.6 Å². The molecule has 20 heavy (non-hydrogen) atoms. The van der Waals surface area contributed by atoms with Crippen LogP contribution < -0.4 is 10.6 Å². The van der Waals surface area contributed by atoms with Crippen LogP contribution in [0.3, 0.4) is 0 Å². The Bertz CT molecular complexity index is 591. The highest BCUT2D eigenvalue weighted by Crippen LogP contribution is 2.28. The molecule has 0 saturated carbocycles. The zero-order chi connectivity index (χ0) is 14.6. The predicted molar refractivity (Wildman–Crippen MR) is 87.5 cm³/mol. The Balaban J connectivity index is 2.05. The number of para-hydroxylation sites is 1. The minimum absolute atomic E-state index is 0.242. The van der Waals surface area contributed by atoms with E-state index in [9.17, 15) is 4.79 Å². The van der Waals surface area contributed by atoms with Crippen molar-refractivity contribution in [3.8, 4) is 0 Å². The first-order valence-electron chi connectivity index (χ1n) is 6.41. The highest BCUT2D eigenvalue weighted by molar-refractivity contribution is 7.81. The fourth-order valence-corrected chi connectivity index (χ4v) is 1.93. The Morgan fingerprint density at radius 2 is 1.55 bits per heavy atom. The fourth-order valence-electron chi connectivity index (χ4n) is 1.79. The summed E-state index contributed by atoms with van der Waals surface area (Å²) in [5.74, 6) is 0. The maximum Gasteiger partial charge on any atom is 0.323 e. The normalized spacial score (nSPS) is 10.9. The van der Waals surface area contributed by atoms with Crippen LogP contribution in [0, 0.1) is 0 Å². The van der Waals surface area contributed by atoms with Gasteiger partial charge in [0.25, 0.3) is 0 Å². The van der Waals surface area contributed by atoms with Gasteiger partial charge in [0.05, 0.1) is 0 Å². The maximum absolute atomic E-state index is 11.9. The lowest BCUT2D eigenvalue weighted by atomic mass is 10.0. The zero-order valence-corrected chi connectivity index (χ0v) is 12.4. The van der Waals surface area contributed by atoms with Crippen molar-refractivity contribution in [3.05, 3.63) is 60.2 Å². The van der Waals surface area contributed by atoms with Crippen LogP contribution in [0.25, 0.3) is 0 Å². The van der Waals surface area contributed by atoms with Gasteiger partial charge >= 0.3 is 6.03 Å². The van der Waals surface area contributed by atoms with Crippen LogP contribution in [0.4, 0.5) is 16.2 Å². The predicted octanol–water partition coefficient (Wildman–Crippen LogP) is 4.50. The van der Waals surface area contributed by atoms with Crippen LogP contribution in [-0.2, 0) is 4.75 Å². The standard InChI is InChI=1S/C16H18N2OS/c1-16(2,20)12-7-6-10-14(11-12)18-15(19)17-13-8-4-3-5-9-13/h3-11,20H,1-2H3,(H2,17,18,19). The molecular formula is C16H18N2OS. The van der Waals surface area contributed by atoms with Gasteiger partial charge in [0.2, 0.25) is 0 Å². The van der Waals surface area contributed by atoms with Crippen molar-refractivity contribution in [1.29, 1.82) is 0 Å². The number of thiol groups is 1. The van der Waals surface area contributed by atoms with E-state index < -0.39 is 0 Å². The van der Waals surface area contributed by atoms with Crippen molar-refractivity contribution in [3.63, 3.8) is 0 Å². The van der Waals surface area contributed by atoms with Crippen LogP contribution in [0.2, 0.25) is 0 Å². The van der Waals surface area contributed by atoms with Crippen LogP contribution in [0.5, 0.6) is 0 Å². The number of carbonyl (C=O) groups is 1. The second-order valence-electron chi connectivity index (χ2n) is 5.08. The van der Waals surface area contributed by atoms with Crippen LogP contribution in [-0.4, -0.2) is 6.03 Å². The summed E-state index contributed by atoms with van der Waals surface area (Å²) in [6.07, 6.45) is 0. The number of hydrogen-bond acceptors (Lipinski definition) is 2. The molecule has 0 saturated heterocycles. The van der Waals surface area contributed by atoms with Crippen molar-refractivity contribution in [2.24, 2.45) is 0 Å². The van der Waals surface area contributed by atoms with E-state index in [1.54, 1.807) is 0 Å². The largest absolute Gasteiger partial charge is 0.323 e. The van der Waals surface area contributed by atoms with Gasteiger partial charge in [0, 0.05) is 16.1 Å². The Morgan fingerprint density at radius 1 is 0.950 bits per heavy atom. The van der Waals surface area contributed by atoms with Gasteiger partial charge in [-0.3, -0.25) is 0 Å². The second kappa shape index (κ2) is 6.01. The molecule has 0 radical (unpaired) electrons. The molecule has 0 aliphatic carbocycles. The SMILES string of the molecule is CC(C)(S)c1cccc(NC(=O)Nc2ccccc2)c1. The van der Waals surface area contributed by atoms with E-state index in [1.807, 2.05) is 68.4 Å². The third-order valence-electron chi connectivity index (χ3n) is 2.86. The minimum Gasteiger partial charge on any atom is -0.308 e. The van der Waals surface area contributed by atoms with Crippen molar-refractivity contribution in [2.45, 2.75) is 18.6 Å². The summed E-state index contributed by atoms with van der Waals surface area (Å²) >= 11 is 4.53. The second-order valence-corrected chi connectivity index (χ2v) is 6.20. The minimum atomic E-state index is -0.259. The quantitative estimate of drug-likeness (QED) is 0.715. The Kier molecular flexibility index (Phi) is 4.35. The van der Waals surface area contributed by atoms with Crippen LogP contribution >= 0.6 is 12.6 Å². The summed E-state index contributed by atoms with van der Waals surface area (Å²) in [5.41, 5.74) is 2.56. The van der Waals surface area contributed by atoms with Crippen molar-refractivity contribution < 1.29 is 4.79 Å². The molecule has 0 aliphatic heterocycles. The molecule has 0 aliphatic rings. The Morgan fingerprint density at radius 3 is 2.20 bits per heavy atom. The summed E-state index contributed by atoms with van der Waals surface area (Å²) < 4.78 is -0.242. The highest BCUT2D eigenvalue weighted by atomic mass is 32.1. The Hall–Kier alpha value is -1.94. The first-order valence-corrected chi connectivity index (χ1v) is 6.86. The maximum atomic E-state index is 11.9. The zero-order valence-electron chi connectivity index (χ0n) is 11.6. The van der Waals surface area contributed by atoms with E-state index in [1.165, 1.54) is 0 Å². The van der Waals surface area contributed by atoms with E-state index in [4.69, 9.17) is 0 Å². The summed E-state index contributed by atoms with van der Waals surface area (Å²) in [5, 5.41) is 5.60. The molecule has 2 aromatic carbocycles. The average molecular weight is 286 g/mol. The molecule has 4 heteroatoms.